The van der Waals surface area contributed by atoms with Crippen LogP contribution in [0.3, 0.4) is 0 Å². The van der Waals surface area contributed by atoms with Gasteiger partial charge >= 0.3 is 0 Å². The SMILES string of the molecule is Cc1ccc(C)c(CC(=O)c2cncs2)c1. The molecule has 0 radical (unpaired) electrons. The second-order valence-electron chi connectivity index (χ2n) is 3.90. The predicted octanol–water partition coefficient (Wildman–Crippen LogP) is 3.19. The summed E-state index contributed by atoms with van der Waals surface area (Å²) in [5.74, 6) is 0.149. The van der Waals surface area contributed by atoms with E-state index < -0.39 is 0 Å². The summed E-state index contributed by atoms with van der Waals surface area (Å²) in [7, 11) is 0. The first kappa shape index (κ1) is 11.0. The molecule has 0 amide bonds. The third kappa shape index (κ3) is 2.36. The van der Waals surface area contributed by atoms with Gasteiger partial charge in [-0.15, -0.1) is 11.3 Å². The van der Waals surface area contributed by atoms with Crippen LogP contribution in [0.2, 0.25) is 0 Å². The van der Waals surface area contributed by atoms with Crippen molar-refractivity contribution in [2.75, 3.05) is 0 Å². The molecule has 1 aromatic heterocycles. The number of Topliss-reactive ketones (excluding diaryl/α,β-unsaturated/α-hetero) is 1. The molecule has 0 aliphatic rings. The van der Waals surface area contributed by atoms with E-state index in [1.807, 2.05) is 13.8 Å². The van der Waals surface area contributed by atoms with Crippen LogP contribution in [-0.4, -0.2) is 10.8 Å². The first-order chi connectivity index (χ1) is 7.66. The standard InChI is InChI=1S/C13H13NOS/c1-9-3-4-10(2)11(5-9)6-12(15)13-7-14-8-16-13/h3-5,7-8H,6H2,1-2H3. The lowest BCUT2D eigenvalue weighted by molar-refractivity contribution is 0.0996. The lowest BCUT2D eigenvalue weighted by Crippen LogP contribution is -2.03. The average molecular weight is 231 g/mol. The summed E-state index contributed by atoms with van der Waals surface area (Å²) in [6.45, 7) is 4.08. The number of ketones is 1. The van der Waals surface area contributed by atoms with Gasteiger partial charge in [0.15, 0.2) is 5.78 Å². The molecule has 0 aliphatic carbocycles. The third-order valence-corrected chi connectivity index (χ3v) is 3.38. The Bertz CT molecular complexity index is 503. The Morgan fingerprint density at radius 3 is 2.88 bits per heavy atom. The summed E-state index contributed by atoms with van der Waals surface area (Å²) < 4.78 is 0. The van der Waals surface area contributed by atoms with Crippen molar-refractivity contribution in [3.05, 3.63) is 51.5 Å². The number of aromatic nitrogens is 1. The fraction of sp³-hybridized carbons (Fsp3) is 0.231. The van der Waals surface area contributed by atoms with E-state index in [0.29, 0.717) is 6.42 Å². The van der Waals surface area contributed by atoms with Gasteiger partial charge in [-0.2, -0.15) is 0 Å². The van der Waals surface area contributed by atoms with Crippen molar-refractivity contribution < 1.29 is 4.79 Å². The van der Waals surface area contributed by atoms with Crippen LogP contribution in [0, 0.1) is 13.8 Å². The van der Waals surface area contributed by atoms with Gasteiger partial charge in [0.05, 0.1) is 10.4 Å². The van der Waals surface area contributed by atoms with Crippen molar-refractivity contribution in [2.45, 2.75) is 20.3 Å². The van der Waals surface area contributed by atoms with Crippen molar-refractivity contribution in [3.63, 3.8) is 0 Å². The van der Waals surface area contributed by atoms with Gasteiger partial charge < -0.3 is 0 Å². The number of aryl methyl sites for hydroxylation is 2. The van der Waals surface area contributed by atoms with E-state index >= 15 is 0 Å². The Morgan fingerprint density at radius 1 is 1.38 bits per heavy atom. The van der Waals surface area contributed by atoms with E-state index in [9.17, 15) is 4.79 Å². The molecule has 0 spiro atoms. The highest BCUT2D eigenvalue weighted by atomic mass is 32.1. The predicted molar refractivity (Wildman–Crippen MR) is 66.1 cm³/mol. The van der Waals surface area contributed by atoms with Gasteiger partial charge in [-0.3, -0.25) is 9.78 Å². The third-order valence-electron chi connectivity index (χ3n) is 2.56. The normalized spacial score (nSPS) is 10.4. The number of carbonyl (C=O) groups is 1. The van der Waals surface area contributed by atoms with E-state index in [1.165, 1.54) is 22.5 Å². The highest BCUT2D eigenvalue weighted by Gasteiger charge is 2.10. The lowest BCUT2D eigenvalue weighted by atomic mass is 10.0. The summed E-state index contributed by atoms with van der Waals surface area (Å²) in [5, 5.41) is 0. The molecule has 82 valence electrons. The van der Waals surface area contributed by atoms with Crippen LogP contribution in [0.15, 0.2) is 29.9 Å². The fourth-order valence-electron chi connectivity index (χ4n) is 1.60. The molecule has 2 aromatic rings. The summed E-state index contributed by atoms with van der Waals surface area (Å²) >= 11 is 1.40. The maximum atomic E-state index is 11.9. The van der Waals surface area contributed by atoms with Crippen LogP contribution >= 0.6 is 11.3 Å². The average Bonchev–Trinajstić information content (AvgIpc) is 2.76. The van der Waals surface area contributed by atoms with Crippen LogP contribution in [0.1, 0.15) is 26.4 Å². The summed E-state index contributed by atoms with van der Waals surface area (Å²) in [5.41, 5.74) is 5.16. The molecule has 3 heteroatoms. The van der Waals surface area contributed by atoms with Crippen LogP contribution in [0.25, 0.3) is 0 Å². The Hall–Kier alpha value is -1.48. The molecule has 0 unspecified atom stereocenters. The van der Waals surface area contributed by atoms with Crippen molar-refractivity contribution >= 4 is 17.1 Å². The number of nitrogens with zero attached hydrogens (tertiary/aromatic N) is 1. The zero-order valence-corrected chi connectivity index (χ0v) is 10.2. The van der Waals surface area contributed by atoms with Crippen molar-refractivity contribution in [1.82, 2.24) is 4.98 Å². The second-order valence-corrected chi connectivity index (χ2v) is 4.78. The molecular weight excluding hydrogens is 218 g/mol. The van der Waals surface area contributed by atoms with Crippen molar-refractivity contribution in [2.24, 2.45) is 0 Å². The Morgan fingerprint density at radius 2 is 2.19 bits per heavy atom. The van der Waals surface area contributed by atoms with E-state index in [0.717, 1.165) is 10.4 Å². The van der Waals surface area contributed by atoms with Crippen LogP contribution in [0.5, 0.6) is 0 Å². The van der Waals surface area contributed by atoms with Crippen LogP contribution in [0.4, 0.5) is 0 Å². The van der Waals surface area contributed by atoms with Gasteiger partial charge in [0.1, 0.15) is 0 Å². The first-order valence-electron chi connectivity index (χ1n) is 5.14. The molecule has 16 heavy (non-hydrogen) atoms. The Balaban J connectivity index is 2.21. The summed E-state index contributed by atoms with van der Waals surface area (Å²) in [4.78, 5) is 16.6. The molecular formula is C13H13NOS. The first-order valence-corrected chi connectivity index (χ1v) is 6.02. The maximum Gasteiger partial charge on any atom is 0.178 e. The quantitative estimate of drug-likeness (QED) is 0.759. The molecule has 0 saturated heterocycles. The topological polar surface area (TPSA) is 30.0 Å². The molecule has 1 heterocycles. The number of thiazole rings is 1. The van der Waals surface area contributed by atoms with Gasteiger partial charge in [0.2, 0.25) is 0 Å². The number of rotatable bonds is 3. The molecule has 0 N–H and O–H groups in total. The second kappa shape index (κ2) is 4.58. The number of benzene rings is 1. The summed E-state index contributed by atoms with van der Waals surface area (Å²) in [6, 6.07) is 6.20. The van der Waals surface area contributed by atoms with Gasteiger partial charge in [0.25, 0.3) is 0 Å². The zero-order chi connectivity index (χ0) is 11.5. The Kier molecular flexibility index (Phi) is 3.15. The van der Waals surface area contributed by atoms with Crippen LogP contribution < -0.4 is 0 Å². The minimum Gasteiger partial charge on any atom is -0.293 e. The van der Waals surface area contributed by atoms with Gasteiger partial charge in [-0.05, 0) is 25.0 Å². The molecule has 0 atom stereocenters. The van der Waals surface area contributed by atoms with E-state index in [-0.39, 0.29) is 5.78 Å². The van der Waals surface area contributed by atoms with E-state index in [1.54, 1.807) is 11.7 Å². The minimum atomic E-state index is 0.149. The fourth-order valence-corrected chi connectivity index (χ4v) is 2.16. The van der Waals surface area contributed by atoms with E-state index in [4.69, 9.17) is 0 Å². The van der Waals surface area contributed by atoms with Gasteiger partial charge in [-0.25, -0.2) is 0 Å². The number of carbonyl (C=O) groups excluding carboxylic acids is 1. The van der Waals surface area contributed by atoms with Crippen molar-refractivity contribution in [1.29, 1.82) is 0 Å². The van der Waals surface area contributed by atoms with Crippen molar-refractivity contribution in [3.8, 4) is 0 Å². The monoisotopic (exact) mass is 231 g/mol. The molecule has 0 bridgehead atoms. The minimum absolute atomic E-state index is 0.149. The molecule has 2 rings (SSSR count). The molecule has 0 fully saturated rings. The number of hydrogen-bond donors (Lipinski definition) is 0. The molecule has 0 aliphatic heterocycles. The maximum absolute atomic E-state index is 11.9. The van der Waals surface area contributed by atoms with Gasteiger partial charge in [0, 0.05) is 12.6 Å². The van der Waals surface area contributed by atoms with Crippen LogP contribution in [-0.2, 0) is 6.42 Å². The molecule has 1 aromatic carbocycles. The summed E-state index contributed by atoms with van der Waals surface area (Å²) in [6.07, 6.45) is 2.10. The highest BCUT2D eigenvalue weighted by molar-refractivity contribution is 7.11. The number of hydrogen-bond acceptors (Lipinski definition) is 3. The largest absolute Gasteiger partial charge is 0.293 e. The lowest BCUT2D eigenvalue weighted by Gasteiger charge is -2.05. The highest BCUT2D eigenvalue weighted by Crippen LogP contribution is 2.15. The molecule has 2 nitrogen and oxygen atoms in total. The zero-order valence-electron chi connectivity index (χ0n) is 9.36. The van der Waals surface area contributed by atoms with Gasteiger partial charge in [-0.1, -0.05) is 23.8 Å². The Labute approximate surface area is 99.0 Å². The smallest absolute Gasteiger partial charge is 0.178 e. The van der Waals surface area contributed by atoms with E-state index in [2.05, 4.69) is 23.2 Å². The molecule has 0 saturated carbocycles.